The van der Waals surface area contributed by atoms with Gasteiger partial charge in [0.25, 0.3) is 11.1 Å². The molecule has 1 aromatic rings. The molecule has 1 saturated heterocycles. The molecule has 2 amide bonds. The van der Waals surface area contributed by atoms with Crippen LogP contribution in [0.1, 0.15) is 32.8 Å². The first-order valence-electron chi connectivity index (χ1n) is 9.45. The van der Waals surface area contributed by atoms with E-state index in [0.29, 0.717) is 41.2 Å². The number of carbonyl (C=O) groups is 3. The van der Waals surface area contributed by atoms with Crippen LogP contribution >= 0.6 is 27.7 Å². The number of imide groups is 1. The minimum atomic E-state index is -0.613. The van der Waals surface area contributed by atoms with Gasteiger partial charge in [-0.05, 0) is 71.7 Å². The summed E-state index contributed by atoms with van der Waals surface area (Å²) in [5.41, 5.74) is 0.643. The van der Waals surface area contributed by atoms with Crippen molar-refractivity contribution in [3.63, 3.8) is 0 Å². The van der Waals surface area contributed by atoms with Crippen LogP contribution in [0.3, 0.4) is 0 Å². The Kier molecular flexibility index (Phi) is 8.98. The van der Waals surface area contributed by atoms with Crippen molar-refractivity contribution in [2.45, 2.75) is 33.3 Å². The van der Waals surface area contributed by atoms with Crippen molar-refractivity contribution >= 4 is 50.9 Å². The number of carbonyl (C=O) groups excluding carboxylic acids is 3. The van der Waals surface area contributed by atoms with E-state index in [1.54, 1.807) is 31.2 Å². The zero-order valence-corrected chi connectivity index (χ0v) is 19.5. The van der Waals surface area contributed by atoms with Gasteiger partial charge in [-0.25, -0.2) is 0 Å². The Balaban J connectivity index is 2.24. The lowest BCUT2D eigenvalue weighted by molar-refractivity contribution is -0.150. The minimum absolute atomic E-state index is 0.213. The van der Waals surface area contributed by atoms with Crippen LogP contribution in [0.2, 0.25) is 0 Å². The summed E-state index contributed by atoms with van der Waals surface area (Å²) in [4.78, 5) is 38.0. The minimum Gasteiger partial charge on any atom is -0.490 e. The quantitative estimate of drug-likeness (QED) is 0.261. The predicted molar refractivity (Wildman–Crippen MR) is 120 cm³/mol. The van der Waals surface area contributed by atoms with Crippen LogP contribution in [0.4, 0.5) is 4.79 Å². The second-order valence-electron chi connectivity index (χ2n) is 6.34. The molecule has 1 heterocycles. The lowest BCUT2D eigenvalue weighted by atomic mass is 10.2. The second kappa shape index (κ2) is 11.2. The Hall–Kier alpha value is -2.26. The van der Waals surface area contributed by atoms with Crippen LogP contribution in [-0.2, 0) is 14.3 Å². The topological polar surface area (TPSA) is 82.1 Å². The van der Waals surface area contributed by atoms with Gasteiger partial charge in [0.05, 0.1) is 22.1 Å². The van der Waals surface area contributed by atoms with Crippen LogP contribution in [-0.4, -0.2) is 47.9 Å². The molecule has 0 aliphatic carbocycles. The highest BCUT2D eigenvalue weighted by molar-refractivity contribution is 9.10. The smallest absolute Gasteiger partial charge is 0.326 e. The molecule has 30 heavy (non-hydrogen) atoms. The standard InChI is InChI=1S/C21H24BrNO6S/c1-5-8-28-19-15(22)9-14(10-16(19)27-7-3)11-17-20(25)23(21(26)30-17)12-18(24)29-13(4)6-2/h5,9-11,13H,1,6-8,12H2,2-4H3/b17-11+/t13-/m0/s1. The summed E-state index contributed by atoms with van der Waals surface area (Å²) < 4.78 is 17.1. The SMILES string of the molecule is C=CCOc1c(Br)cc(/C=C2/SC(=O)N(CC(=O)O[C@@H](C)CC)C2=O)cc1OCC. The van der Waals surface area contributed by atoms with Crippen molar-refractivity contribution in [2.75, 3.05) is 19.8 Å². The highest BCUT2D eigenvalue weighted by atomic mass is 79.9. The number of nitrogens with zero attached hydrogens (tertiary/aromatic N) is 1. The molecule has 0 aromatic heterocycles. The van der Waals surface area contributed by atoms with Gasteiger partial charge in [-0.15, -0.1) is 0 Å². The van der Waals surface area contributed by atoms with Gasteiger partial charge in [-0.1, -0.05) is 19.6 Å². The Morgan fingerprint density at radius 2 is 2.03 bits per heavy atom. The molecule has 0 radical (unpaired) electrons. The van der Waals surface area contributed by atoms with Gasteiger partial charge in [0.1, 0.15) is 13.2 Å². The summed E-state index contributed by atoms with van der Waals surface area (Å²) in [5, 5.41) is -0.512. The van der Waals surface area contributed by atoms with E-state index < -0.39 is 23.7 Å². The van der Waals surface area contributed by atoms with Gasteiger partial charge < -0.3 is 14.2 Å². The molecule has 0 unspecified atom stereocenters. The highest BCUT2D eigenvalue weighted by Crippen LogP contribution is 2.39. The lowest BCUT2D eigenvalue weighted by Gasteiger charge is -2.15. The van der Waals surface area contributed by atoms with E-state index in [0.717, 1.165) is 16.7 Å². The molecule has 1 aliphatic heterocycles. The van der Waals surface area contributed by atoms with Crippen molar-refractivity contribution in [1.82, 2.24) is 4.90 Å². The second-order valence-corrected chi connectivity index (χ2v) is 8.19. The largest absolute Gasteiger partial charge is 0.490 e. The molecule has 9 heteroatoms. The van der Waals surface area contributed by atoms with Crippen LogP contribution in [0.25, 0.3) is 6.08 Å². The van der Waals surface area contributed by atoms with Crippen molar-refractivity contribution in [1.29, 1.82) is 0 Å². The van der Waals surface area contributed by atoms with Crippen molar-refractivity contribution in [2.24, 2.45) is 0 Å². The zero-order valence-electron chi connectivity index (χ0n) is 17.1. The molecule has 1 aromatic carbocycles. The number of thioether (sulfide) groups is 1. The van der Waals surface area contributed by atoms with Gasteiger partial charge in [-0.3, -0.25) is 19.3 Å². The maximum absolute atomic E-state index is 12.6. The van der Waals surface area contributed by atoms with Crippen LogP contribution in [0, 0.1) is 0 Å². The molecule has 2 rings (SSSR count). The molecule has 7 nitrogen and oxygen atoms in total. The first kappa shape index (κ1) is 24.0. The van der Waals surface area contributed by atoms with Gasteiger partial charge in [0.15, 0.2) is 11.5 Å². The number of amides is 2. The van der Waals surface area contributed by atoms with Gasteiger partial charge in [-0.2, -0.15) is 0 Å². The monoisotopic (exact) mass is 497 g/mol. The number of hydrogen-bond donors (Lipinski definition) is 0. The molecule has 0 bridgehead atoms. The molecule has 162 valence electrons. The molecular weight excluding hydrogens is 474 g/mol. The molecule has 0 N–H and O–H groups in total. The van der Waals surface area contributed by atoms with Gasteiger partial charge >= 0.3 is 5.97 Å². The van der Waals surface area contributed by atoms with E-state index in [2.05, 4.69) is 22.5 Å². The van der Waals surface area contributed by atoms with Crippen molar-refractivity contribution in [3.05, 3.63) is 39.7 Å². The number of benzene rings is 1. The van der Waals surface area contributed by atoms with E-state index in [1.807, 2.05) is 13.8 Å². The molecule has 1 atom stereocenters. The van der Waals surface area contributed by atoms with Crippen molar-refractivity contribution < 1.29 is 28.6 Å². The molecule has 0 saturated carbocycles. The van der Waals surface area contributed by atoms with E-state index in [9.17, 15) is 14.4 Å². The first-order valence-corrected chi connectivity index (χ1v) is 11.1. The number of hydrogen-bond acceptors (Lipinski definition) is 7. The fourth-order valence-corrected chi connectivity index (χ4v) is 3.89. The fourth-order valence-electron chi connectivity index (χ4n) is 2.48. The average Bonchev–Trinajstić information content (AvgIpc) is 2.94. The summed E-state index contributed by atoms with van der Waals surface area (Å²) in [5.74, 6) is -0.128. The number of ether oxygens (including phenoxy) is 3. The van der Waals surface area contributed by atoms with Crippen LogP contribution in [0.15, 0.2) is 34.2 Å². The third-order valence-corrected chi connectivity index (χ3v) is 5.54. The van der Waals surface area contributed by atoms with Gasteiger partial charge in [0.2, 0.25) is 0 Å². The highest BCUT2D eigenvalue weighted by Gasteiger charge is 2.37. The average molecular weight is 498 g/mol. The van der Waals surface area contributed by atoms with E-state index in [-0.39, 0.29) is 11.0 Å². The molecular formula is C21H24BrNO6S. The zero-order chi connectivity index (χ0) is 22.3. The van der Waals surface area contributed by atoms with E-state index in [1.165, 1.54) is 0 Å². The summed E-state index contributed by atoms with van der Waals surface area (Å²) >= 11 is 4.23. The third-order valence-electron chi connectivity index (χ3n) is 4.04. The fraction of sp³-hybridized carbons (Fsp3) is 0.381. The van der Waals surface area contributed by atoms with E-state index >= 15 is 0 Å². The number of rotatable bonds is 10. The predicted octanol–water partition coefficient (Wildman–Crippen LogP) is 4.79. The number of halogens is 1. The molecule has 1 aliphatic rings. The Labute approximate surface area is 188 Å². The van der Waals surface area contributed by atoms with Crippen LogP contribution in [0.5, 0.6) is 11.5 Å². The maximum Gasteiger partial charge on any atom is 0.326 e. The third kappa shape index (κ3) is 6.12. The van der Waals surface area contributed by atoms with E-state index in [4.69, 9.17) is 14.2 Å². The maximum atomic E-state index is 12.6. The summed E-state index contributed by atoms with van der Waals surface area (Å²) in [6, 6.07) is 3.48. The lowest BCUT2D eigenvalue weighted by Crippen LogP contribution is -2.35. The molecule has 0 spiro atoms. The Morgan fingerprint density at radius 1 is 1.30 bits per heavy atom. The number of esters is 1. The Bertz CT molecular complexity index is 869. The first-order chi connectivity index (χ1) is 14.3. The van der Waals surface area contributed by atoms with Gasteiger partial charge in [0, 0.05) is 0 Å². The summed E-state index contributed by atoms with van der Waals surface area (Å²) in [6.07, 6.45) is 3.58. The molecule has 1 fully saturated rings. The summed E-state index contributed by atoms with van der Waals surface area (Å²) in [6.45, 7) is 9.44. The Morgan fingerprint density at radius 3 is 2.67 bits per heavy atom. The summed E-state index contributed by atoms with van der Waals surface area (Å²) in [7, 11) is 0. The van der Waals surface area contributed by atoms with Crippen LogP contribution < -0.4 is 9.47 Å². The van der Waals surface area contributed by atoms with Crippen molar-refractivity contribution in [3.8, 4) is 11.5 Å². The normalized spacial score (nSPS) is 16.0.